The van der Waals surface area contributed by atoms with Gasteiger partial charge in [-0.1, -0.05) is 13.8 Å². The van der Waals surface area contributed by atoms with Gasteiger partial charge in [-0.25, -0.2) is 0 Å². The molecule has 0 saturated carbocycles. The lowest BCUT2D eigenvalue weighted by Gasteiger charge is -2.31. The molecule has 0 unspecified atom stereocenters. The Bertz CT molecular complexity index is 465. The number of aromatic nitrogens is 2. The zero-order valence-corrected chi connectivity index (χ0v) is 13.5. The lowest BCUT2D eigenvalue weighted by atomic mass is 10.1. The van der Waals surface area contributed by atoms with Crippen LogP contribution in [0.25, 0.3) is 0 Å². The highest BCUT2D eigenvalue weighted by Crippen LogP contribution is 2.17. The topological polar surface area (TPSA) is 78.5 Å². The van der Waals surface area contributed by atoms with E-state index < -0.39 is 0 Å². The zero-order valence-electron chi connectivity index (χ0n) is 13.5. The number of piperidine rings is 1. The summed E-state index contributed by atoms with van der Waals surface area (Å²) in [6.45, 7) is 6.44. The van der Waals surface area contributed by atoms with Gasteiger partial charge in [0.2, 0.25) is 0 Å². The van der Waals surface area contributed by atoms with Gasteiger partial charge in [0.05, 0.1) is 6.10 Å². The number of rotatable bonds is 7. The molecule has 2 rings (SSSR count). The Hall–Kier alpha value is -1.40. The van der Waals surface area contributed by atoms with Crippen LogP contribution in [0.4, 0.5) is 0 Å². The number of H-pyrrole nitrogens is 1. The third-order valence-corrected chi connectivity index (χ3v) is 3.86. The Morgan fingerprint density at radius 3 is 2.86 bits per heavy atom. The molecule has 0 aromatic carbocycles. The van der Waals surface area contributed by atoms with Gasteiger partial charge in [0.15, 0.2) is 0 Å². The van der Waals surface area contributed by atoms with Crippen LogP contribution >= 0.6 is 0 Å². The van der Waals surface area contributed by atoms with Crippen molar-refractivity contribution in [3.05, 3.63) is 17.5 Å². The number of aromatic amines is 1. The second kappa shape index (κ2) is 8.29. The van der Waals surface area contributed by atoms with Gasteiger partial charge in [-0.2, -0.15) is 5.10 Å². The first-order chi connectivity index (χ1) is 10.6. The van der Waals surface area contributed by atoms with Crippen molar-refractivity contribution in [1.82, 2.24) is 15.1 Å². The molecule has 124 valence electrons. The standard InChI is InChI=1S/C16H27N3O3/c1-12(2)10-13-11-15(18-17-13)16(21)19-6-4-14(5-7-19)22-9-3-8-20/h11-12,14,20H,3-10H2,1-2H3,(H,17,18). The minimum atomic E-state index is 0.0000596. The SMILES string of the molecule is CC(C)Cc1cc(C(=O)N2CCC(OCCCO)CC2)n[nH]1. The maximum Gasteiger partial charge on any atom is 0.274 e. The van der Waals surface area contributed by atoms with Crippen molar-refractivity contribution >= 4 is 5.91 Å². The first-order valence-electron chi connectivity index (χ1n) is 8.16. The van der Waals surface area contributed by atoms with Crippen LogP contribution in [-0.2, 0) is 11.2 Å². The number of aliphatic hydroxyl groups is 1. The number of ether oxygens (including phenoxy) is 1. The fraction of sp³-hybridized carbons (Fsp3) is 0.750. The average Bonchev–Trinajstić information content (AvgIpc) is 2.95. The number of likely N-dealkylation sites (tertiary alicyclic amines) is 1. The van der Waals surface area contributed by atoms with E-state index in [-0.39, 0.29) is 18.6 Å². The van der Waals surface area contributed by atoms with Gasteiger partial charge in [0.25, 0.3) is 5.91 Å². The zero-order chi connectivity index (χ0) is 15.9. The number of aliphatic hydroxyl groups excluding tert-OH is 1. The van der Waals surface area contributed by atoms with E-state index >= 15 is 0 Å². The highest BCUT2D eigenvalue weighted by atomic mass is 16.5. The number of carbonyl (C=O) groups excluding carboxylic acids is 1. The van der Waals surface area contributed by atoms with E-state index in [4.69, 9.17) is 9.84 Å². The van der Waals surface area contributed by atoms with Gasteiger partial charge in [-0.3, -0.25) is 9.89 Å². The predicted molar refractivity (Wildman–Crippen MR) is 83.7 cm³/mol. The first kappa shape index (κ1) is 17.0. The van der Waals surface area contributed by atoms with Gasteiger partial charge in [-0.05, 0) is 37.7 Å². The maximum atomic E-state index is 12.4. The average molecular weight is 309 g/mol. The van der Waals surface area contributed by atoms with E-state index in [1.165, 1.54) is 0 Å². The summed E-state index contributed by atoms with van der Waals surface area (Å²) in [5.41, 5.74) is 1.52. The predicted octanol–water partition coefficient (Wildman–Crippen LogP) is 1.61. The molecule has 1 saturated heterocycles. The summed E-state index contributed by atoms with van der Waals surface area (Å²) in [5.74, 6) is 0.537. The van der Waals surface area contributed by atoms with Crippen LogP contribution in [0.5, 0.6) is 0 Å². The lowest BCUT2D eigenvalue weighted by Crippen LogP contribution is -2.41. The van der Waals surface area contributed by atoms with Crippen molar-refractivity contribution in [2.24, 2.45) is 5.92 Å². The number of amides is 1. The summed E-state index contributed by atoms with van der Waals surface area (Å²) in [7, 11) is 0. The monoisotopic (exact) mass is 309 g/mol. The molecular weight excluding hydrogens is 282 g/mol. The molecule has 1 aromatic rings. The fourth-order valence-electron chi connectivity index (χ4n) is 2.72. The quantitative estimate of drug-likeness (QED) is 0.750. The molecule has 1 aromatic heterocycles. The molecule has 22 heavy (non-hydrogen) atoms. The summed E-state index contributed by atoms with van der Waals surface area (Å²) in [6.07, 6.45) is 3.47. The van der Waals surface area contributed by atoms with Crippen molar-refractivity contribution in [3.8, 4) is 0 Å². The molecule has 0 bridgehead atoms. The molecular formula is C16H27N3O3. The van der Waals surface area contributed by atoms with Gasteiger partial charge in [-0.15, -0.1) is 0 Å². The summed E-state index contributed by atoms with van der Waals surface area (Å²) in [5, 5.41) is 15.9. The largest absolute Gasteiger partial charge is 0.396 e. The molecule has 0 aliphatic carbocycles. The highest BCUT2D eigenvalue weighted by molar-refractivity contribution is 5.92. The molecule has 1 fully saturated rings. The molecule has 6 heteroatoms. The number of nitrogens with one attached hydrogen (secondary N) is 1. The van der Waals surface area contributed by atoms with Crippen LogP contribution in [-0.4, -0.2) is 58.5 Å². The number of hydrogen-bond donors (Lipinski definition) is 2. The van der Waals surface area contributed by atoms with E-state index in [2.05, 4.69) is 24.0 Å². The first-order valence-corrected chi connectivity index (χ1v) is 8.16. The van der Waals surface area contributed by atoms with Gasteiger partial charge < -0.3 is 14.7 Å². The highest BCUT2D eigenvalue weighted by Gasteiger charge is 2.25. The Labute approximate surface area is 131 Å². The van der Waals surface area contributed by atoms with E-state index in [0.29, 0.717) is 37.7 Å². The molecule has 0 atom stereocenters. The summed E-state index contributed by atoms with van der Waals surface area (Å²) in [4.78, 5) is 14.3. The Morgan fingerprint density at radius 2 is 2.23 bits per heavy atom. The smallest absolute Gasteiger partial charge is 0.274 e. The molecule has 6 nitrogen and oxygen atoms in total. The lowest BCUT2D eigenvalue weighted by molar-refractivity contribution is 0.00384. The number of nitrogens with zero attached hydrogens (tertiary/aromatic N) is 2. The summed E-state index contributed by atoms with van der Waals surface area (Å²) in [6, 6.07) is 1.87. The van der Waals surface area contributed by atoms with Gasteiger partial charge in [0, 0.05) is 32.0 Å². The third-order valence-electron chi connectivity index (χ3n) is 3.86. The molecule has 1 aliphatic heterocycles. The van der Waals surface area contributed by atoms with E-state index in [0.717, 1.165) is 25.0 Å². The minimum Gasteiger partial charge on any atom is -0.396 e. The second-order valence-electron chi connectivity index (χ2n) is 6.32. The van der Waals surface area contributed by atoms with Crippen molar-refractivity contribution in [2.75, 3.05) is 26.3 Å². The Kier molecular flexibility index (Phi) is 6.39. The Balaban J connectivity index is 1.80. The van der Waals surface area contributed by atoms with Crippen LogP contribution in [0.15, 0.2) is 6.07 Å². The van der Waals surface area contributed by atoms with Crippen LogP contribution < -0.4 is 0 Å². The molecule has 2 heterocycles. The summed E-state index contributed by atoms with van der Waals surface area (Å²) >= 11 is 0. The maximum absolute atomic E-state index is 12.4. The Morgan fingerprint density at radius 1 is 1.50 bits per heavy atom. The normalized spacial score (nSPS) is 16.5. The molecule has 2 N–H and O–H groups in total. The van der Waals surface area contributed by atoms with E-state index in [1.54, 1.807) is 0 Å². The molecule has 0 spiro atoms. The van der Waals surface area contributed by atoms with Crippen LogP contribution in [0, 0.1) is 5.92 Å². The number of carbonyl (C=O) groups is 1. The minimum absolute atomic E-state index is 0.0000596. The van der Waals surface area contributed by atoms with Crippen molar-refractivity contribution in [2.45, 2.75) is 45.6 Å². The number of hydrogen-bond acceptors (Lipinski definition) is 4. The van der Waals surface area contributed by atoms with Gasteiger partial charge in [0.1, 0.15) is 5.69 Å². The van der Waals surface area contributed by atoms with Gasteiger partial charge >= 0.3 is 0 Å². The van der Waals surface area contributed by atoms with E-state index in [9.17, 15) is 4.79 Å². The van der Waals surface area contributed by atoms with Crippen molar-refractivity contribution < 1.29 is 14.6 Å². The third kappa shape index (κ3) is 4.81. The van der Waals surface area contributed by atoms with Crippen molar-refractivity contribution in [1.29, 1.82) is 0 Å². The molecule has 0 radical (unpaired) electrons. The van der Waals surface area contributed by atoms with Crippen LogP contribution in [0.2, 0.25) is 0 Å². The second-order valence-corrected chi connectivity index (χ2v) is 6.32. The van der Waals surface area contributed by atoms with E-state index in [1.807, 2.05) is 11.0 Å². The fourth-order valence-corrected chi connectivity index (χ4v) is 2.72. The summed E-state index contributed by atoms with van der Waals surface area (Å²) < 4.78 is 5.69. The van der Waals surface area contributed by atoms with Crippen LogP contribution in [0.1, 0.15) is 49.3 Å². The molecule has 1 amide bonds. The van der Waals surface area contributed by atoms with Crippen molar-refractivity contribution in [3.63, 3.8) is 0 Å². The molecule has 1 aliphatic rings. The van der Waals surface area contributed by atoms with Crippen LogP contribution in [0.3, 0.4) is 0 Å².